The minimum Gasteiger partial charge on any atom is -0.441 e. The van der Waals surface area contributed by atoms with E-state index in [1.54, 1.807) is 6.20 Å². The molecule has 2 aromatic rings. The summed E-state index contributed by atoms with van der Waals surface area (Å²) < 4.78 is 5.53. The van der Waals surface area contributed by atoms with Gasteiger partial charge in [-0.15, -0.1) is 0 Å². The van der Waals surface area contributed by atoms with Crippen LogP contribution >= 0.6 is 0 Å². The van der Waals surface area contributed by atoms with Crippen LogP contribution in [0.1, 0.15) is 5.76 Å². The molecule has 0 saturated heterocycles. The van der Waals surface area contributed by atoms with Crippen LogP contribution in [0.3, 0.4) is 0 Å². The molecule has 0 bridgehead atoms. The Kier molecular flexibility index (Phi) is 2.02. The van der Waals surface area contributed by atoms with Gasteiger partial charge in [0.15, 0.2) is 0 Å². The van der Waals surface area contributed by atoms with E-state index in [2.05, 4.69) is 9.88 Å². The van der Waals surface area contributed by atoms with Gasteiger partial charge in [-0.05, 0) is 32.3 Å². The van der Waals surface area contributed by atoms with Crippen molar-refractivity contribution in [1.29, 1.82) is 0 Å². The number of aromatic nitrogens is 1. The van der Waals surface area contributed by atoms with E-state index in [1.807, 2.05) is 32.3 Å². The fraction of sp³-hybridized carbons (Fsp3) is 0.300. The van der Waals surface area contributed by atoms with Crippen molar-refractivity contribution in [2.24, 2.45) is 0 Å². The first-order valence-corrected chi connectivity index (χ1v) is 4.24. The molecule has 0 spiro atoms. The summed E-state index contributed by atoms with van der Waals surface area (Å²) >= 11 is 0. The molecule has 2 rings (SSSR count). The van der Waals surface area contributed by atoms with Gasteiger partial charge in [0, 0.05) is 11.6 Å². The van der Waals surface area contributed by atoms with Crippen molar-refractivity contribution in [3.8, 4) is 0 Å². The van der Waals surface area contributed by atoms with Crippen LogP contribution in [0, 0.1) is 0 Å². The van der Waals surface area contributed by atoms with Crippen LogP contribution in [-0.4, -0.2) is 24.0 Å². The summed E-state index contributed by atoms with van der Waals surface area (Å²) in [6.07, 6.45) is 1.74. The summed E-state index contributed by atoms with van der Waals surface area (Å²) in [5.41, 5.74) is 0.722. The van der Waals surface area contributed by atoms with Crippen molar-refractivity contribution in [1.82, 2.24) is 9.88 Å². The molecule has 0 fully saturated rings. The first-order chi connectivity index (χ1) is 6.25. The highest BCUT2D eigenvalue weighted by Gasteiger charge is 2.03. The Balaban J connectivity index is 2.38. The van der Waals surface area contributed by atoms with E-state index in [0.29, 0.717) is 0 Å². The smallest absolute Gasteiger partial charge is 0.226 e. The average molecular weight is 176 g/mol. The Labute approximate surface area is 77.0 Å². The van der Waals surface area contributed by atoms with Crippen molar-refractivity contribution >= 4 is 11.1 Å². The number of furan rings is 1. The summed E-state index contributed by atoms with van der Waals surface area (Å²) in [6.45, 7) is 0.816. The van der Waals surface area contributed by atoms with Crippen molar-refractivity contribution in [2.75, 3.05) is 14.1 Å². The molecule has 0 aliphatic heterocycles. The van der Waals surface area contributed by atoms with Crippen molar-refractivity contribution < 1.29 is 4.42 Å². The third kappa shape index (κ3) is 1.70. The highest BCUT2D eigenvalue weighted by molar-refractivity contribution is 5.73. The van der Waals surface area contributed by atoms with E-state index in [4.69, 9.17) is 4.42 Å². The Morgan fingerprint density at radius 2 is 2.31 bits per heavy atom. The molecule has 2 aromatic heterocycles. The molecular weight excluding hydrogens is 164 g/mol. The Morgan fingerprint density at radius 3 is 3.00 bits per heavy atom. The molecule has 0 unspecified atom stereocenters. The molecule has 3 heteroatoms. The fourth-order valence-electron chi connectivity index (χ4n) is 1.32. The van der Waals surface area contributed by atoms with E-state index in [9.17, 15) is 0 Å². The van der Waals surface area contributed by atoms with Crippen LogP contribution in [0.15, 0.2) is 28.8 Å². The maximum Gasteiger partial charge on any atom is 0.226 e. The maximum atomic E-state index is 5.53. The summed E-state index contributed by atoms with van der Waals surface area (Å²) in [7, 11) is 4.03. The van der Waals surface area contributed by atoms with Gasteiger partial charge < -0.3 is 9.32 Å². The van der Waals surface area contributed by atoms with Gasteiger partial charge in [0.25, 0.3) is 0 Å². The van der Waals surface area contributed by atoms with Crippen LogP contribution in [0.2, 0.25) is 0 Å². The van der Waals surface area contributed by atoms with Gasteiger partial charge in [-0.25, -0.2) is 4.98 Å². The SMILES string of the molecule is CN(C)Cc1cc2cccnc2o1. The number of nitrogens with zero attached hydrogens (tertiary/aromatic N) is 2. The van der Waals surface area contributed by atoms with Crippen LogP contribution in [0.4, 0.5) is 0 Å². The molecule has 13 heavy (non-hydrogen) atoms. The summed E-state index contributed by atoms with van der Waals surface area (Å²) in [4.78, 5) is 6.19. The topological polar surface area (TPSA) is 29.3 Å². The second-order valence-electron chi connectivity index (χ2n) is 3.35. The Bertz CT molecular complexity index is 373. The zero-order chi connectivity index (χ0) is 9.26. The van der Waals surface area contributed by atoms with E-state index < -0.39 is 0 Å². The second-order valence-corrected chi connectivity index (χ2v) is 3.35. The van der Waals surface area contributed by atoms with Crippen LogP contribution in [0.25, 0.3) is 11.1 Å². The van der Waals surface area contributed by atoms with Gasteiger partial charge in [-0.3, -0.25) is 0 Å². The number of pyridine rings is 1. The zero-order valence-corrected chi connectivity index (χ0v) is 7.82. The van der Waals surface area contributed by atoms with E-state index in [0.717, 1.165) is 23.4 Å². The first-order valence-electron chi connectivity index (χ1n) is 4.24. The first kappa shape index (κ1) is 8.26. The van der Waals surface area contributed by atoms with Crippen LogP contribution < -0.4 is 0 Å². The molecule has 68 valence electrons. The molecule has 0 aromatic carbocycles. The van der Waals surface area contributed by atoms with Crippen LogP contribution in [0.5, 0.6) is 0 Å². The summed E-state index contributed by atoms with van der Waals surface area (Å²) in [6, 6.07) is 5.95. The lowest BCUT2D eigenvalue weighted by molar-refractivity contribution is 0.357. The average Bonchev–Trinajstić information content (AvgIpc) is 2.44. The highest BCUT2D eigenvalue weighted by Crippen LogP contribution is 2.16. The molecule has 0 radical (unpaired) electrons. The molecule has 0 saturated carbocycles. The van der Waals surface area contributed by atoms with Gasteiger partial charge in [0.1, 0.15) is 5.76 Å². The van der Waals surface area contributed by atoms with E-state index in [1.165, 1.54) is 0 Å². The molecule has 0 aliphatic carbocycles. The van der Waals surface area contributed by atoms with Crippen molar-refractivity contribution in [3.05, 3.63) is 30.2 Å². The third-order valence-electron chi connectivity index (χ3n) is 1.82. The van der Waals surface area contributed by atoms with Crippen LogP contribution in [-0.2, 0) is 6.54 Å². The van der Waals surface area contributed by atoms with Gasteiger partial charge in [0.2, 0.25) is 5.71 Å². The monoisotopic (exact) mass is 176 g/mol. The number of hydrogen-bond acceptors (Lipinski definition) is 3. The van der Waals surface area contributed by atoms with Gasteiger partial charge in [-0.1, -0.05) is 0 Å². The van der Waals surface area contributed by atoms with Crippen molar-refractivity contribution in [2.45, 2.75) is 6.54 Å². The number of rotatable bonds is 2. The molecule has 2 heterocycles. The number of fused-ring (bicyclic) bond motifs is 1. The van der Waals surface area contributed by atoms with E-state index in [-0.39, 0.29) is 0 Å². The number of hydrogen-bond donors (Lipinski definition) is 0. The third-order valence-corrected chi connectivity index (χ3v) is 1.82. The van der Waals surface area contributed by atoms with E-state index >= 15 is 0 Å². The second kappa shape index (κ2) is 3.18. The maximum absolute atomic E-state index is 5.53. The quantitative estimate of drug-likeness (QED) is 0.699. The molecule has 3 nitrogen and oxygen atoms in total. The Morgan fingerprint density at radius 1 is 1.46 bits per heavy atom. The van der Waals surface area contributed by atoms with Gasteiger partial charge >= 0.3 is 0 Å². The molecular formula is C10H12N2O. The van der Waals surface area contributed by atoms with Gasteiger partial charge in [0.05, 0.1) is 6.54 Å². The molecule has 0 aliphatic rings. The lowest BCUT2D eigenvalue weighted by Crippen LogP contribution is -2.09. The standard InChI is InChI=1S/C10H12N2O/c1-12(2)7-9-6-8-4-3-5-11-10(8)13-9/h3-6H,7H2,1-2H3. The predicted molar refractivity (Wildman–Crippen MR) is 51.4 cm³/mol. The largest absolute Gasteiger partial charge is 0.441 e. The minimum absolute atomic E-state index is 0.722. The Hall–Kier alpha value is -1.35. The molecule has 0 atom stereocenters. The lowest BCUT2D eigenvalue weighted by Gasteiger charge is -2.04. The highest BCUT2D eigenvalue weighted by atomic mass is 16.3. The lowest BCUT2D eigenvalue weighted by atomic mass is 10.3. The molecule has 0 N–H and O–H groups in total. The normalized spacial score (nSPS) is 11.3. The summed E-state index contributed by atoms with van der Waals surface area (Å²) in [5, 5.41) is 1.07. The predicted octanol–water partition coefficient (Wildman–Crippen LogP) is 1.89. The summed E-state index contributed by atoms with van der Waals surface area (Å²) in [5.74, 6) is 0.957. The van der Waals surface area contributed by atoms with Crippen molar-refractivity contribution in [3.63, 3.8) is 0 Å². The minimum atomic E-state index is 0.722. The zero-order valence-electron chi connectivity index (χ0n) is 7.82. The molecule has 0 amide bonds. The van der Waals surface area contributed by atoms with Gasteiger partial charge in [-0.2, -0.15) is 0 Å². The fourth-order valence-corrected chi connectivity index (χ4v) is 1.32.